The van der Waals surface area contributed by atoms with Gasteiger partial charge in [-0.2, -0.15) is 0 Å². The zero-order valence-electron chi connectivity index (χ0n) is 18.1. The standard InChI is InChI=1S/C31H26O/c1-2-8-24(9-3-1)22-32-28-16-14-23(15-17-28)18-30-29-13-7-6-12-27(29)21-31(30)19-25-10-4-5-11-26(25)20-31/h1-18H,19-22H2/b30-18+. The smallest absolute Gasteiger partial charge is 0.119 e. The second-order valence-electron chi connectivity index (χ2n) is 9.14. The summed E-state index contributed by atoms with van der Waals surface area (Å²) in [5.41, 5.74) is 10.0. The molecule has 0 aliphatic heterocycles. The van der Waals surface area contributed by atoms with Crippen molar-refractivity contribution in [1.82, 2.24) is 0 Å². The zero-order chi connectivity index (χ0) is 21.4. The maximum atomic E-state index is 5.99. The van der Waals surface area contributed by atoms with Gasteiger partial charge in [-0.15, -0.1) is 0 Å². The third-order valence-electron chi connectivity index (χ3n) is 7.02. The summed E-state index contributed by atoms with van der Waals surface area (Å²) in [6, 6.07) is 36.8. The van der Waals surface area contributed by atoms with Gasteiger partial charge in [0, 0.05) is 5.41 Å². The van der Waals surface area contributed by atoms with E-state index in [1.165, 1.54) is 39.0 Å². The van der Waals surface area contributed by atoms with Gasteiger partial charge in [-0.25, -0.2) is 0 Å². The maximum Gasteiger partial charge on any atom is 0.119 e. The minimum absolute atomic E-state index is 0.176. The zero-order valence-corrected chi connectivity index (χ0v) is 18.1. The Hall–Kier alpha value is -3.58. The molecule has 0 N–H and O–H groups in total. The van der Waals surface area contributed by atoms with Crippen molar-refractivity contribution in [2.24, 2.45) is 5.41 Å². The lowest BCUT2D eigenvalue weighted by molar-refractivity contribution is 0.306. The molecule has 2 aliphatic carbocycles. The van der Waals surface area contributed by atoms with Crippen LogP contribution in [0.15, 0.2) is 103 Å². The van der Waals surface area contributed by atoms with E-state index in [1.807, 2.05) is 18.2 Å². The predicted molar refractivity (Wildman–Crippen MR) is 132 cm³/mol. The Balaban J connectivity index is 1.30. The average molecular weight is 415 g/mol. The Bertz CT molecular complexity index is 1250. The number of benzene rings is 4. The first kappa shape index (κ1) is 19.1. The van der Waals surface area contributed by atoms with Crippen LogP contribution in [-0.2, 0) is 25.9 Å². The second kappa shape index (κ2) is 7.84. The molecule has 4 aromatic rings. The molecule has 0 heterocycles. The first-order valence-electron chi connectivity index (χ1n) is 11.4. The lowest BCUT2D eigenvalue weighted by Crippen LogP contribution is -2.20. The molecule has 6 rings (SSSR count). The molecule has 1 spiro atoms. The van der Waals surface area contributed by atoms with Crippen molar-refractivity contribution >= 4 is 11.6 Å². The highest BCUT2D eigenvalue weighted by Gasteiger charge is 2.45. The fourth-order valence-corrected chi connectivity index (χ4v) is 5.49. The van der Waals surface area contributed by atoms with Crippen molar-refractivity contribution < 1.29 is 4.74 Å². The molecule has 4 aromatic carbocycles. The van der Waals surface area contributed by atoms with Crippen LogP contribution in [0.2, 0.25) is 0 Å². The van der Waals surface area contributed by atoms with E-state index in [0.29, 0.717) is 6.61 Å². The number of hydrogen-bond acceptors (Lipinski definition) is 1. The summed E-state index contributed by atoms with van der Waals surface area (Å²) in [4.78, 5) is 0. The summed E-state index contributed by atoms with van der Waals surface area (Å²) in [5, 5.41) is 0. The Labute approximate surface area is 190 Å². The second-order valence-corrected chi connectivity index (χ2v) is 9.14. The van der Waals surface area contributed by atoms with Crippen molar-refractivity contribution in [1.29, 1.82) is 0 Å². The highest BCUT2D eigenvalue weighted by atomic mass is 16.5. The molecule has 0 aromatic heterocycles. The lowest BCUT2D eigenvalue weighted by atomic mass is 9.77. The van der Waals surface area contributed by atoms with Crippen LogP contribution in [0.1, 0.15) is 33.4 Å². The molecular weight excluding hydrogens is 388 g/mol. The van der Waals surface area contributed by atoms with E-state index in [1.54, 1.807) is 0 Å². The molecule has 0 saturated carbocycles. The number of allylic oxidation sites excluding steroid dienone is 1. The van der Waals surface area contributed by atoms with E-state index in [-0.39, 0.29) is 5.41 Å². The van der Waals surface area contributed by atoms with E-state index < -0.39 is 0 Å². The van der Waals surface area contributed by atoms with Crippen LogP contribution in [0.5, 0.6) is 5.75 Å². The highest BCUT2D eigenvalue weighted by Crippen LogP contribution is 2.54. The van der Waals surface area contributed by atoms with Gasteiger partial charge < -0.3 is 4.74 Å². The van der Waals surface area contributed by atoms with Gasteiger partial charge in [0.05, 0.1) is 0 Å². The molecule has 1 heteroatoms. The third kappa shape index (κ3) is 3.44. The summed E-state index contributed by atoms with van der Waals surface area (Å²) in [5.74, 6) is 0.908. The van der Waals surface area contributed by atoms with Gasteiger partial charge >= 0.3 is 0 Å². The molecule has 156 valence electrons. The number of ether oxygens (including phenoxy) is 1. The van der Waals surface area contributed by atoms with Gasteiger partial charge in [0.1, 0.15) is 12.4 Å². The van der Waals surface area contributed by atoms with E-state index in [2.05, 4.69) is 91.0 Å². The minimum atomic E-state index is 0.176. The molecule has 0 amide bonds. The summed E-state index contributed by atoms with van der Waals surface area (Å²) in [7, 11) is 0. The van der Waals surface area contributed by atoms with Crippen LogP contribution < -0.4 is 4.74 Å². The number of fused-ring (bicyclic) bond motifs is 2. The van der Waals surface area contributed by atoms with Gasteiger partial charge in [-0.1, -0.05) is 97.1 Å². The fraction of sp³-hybridized carbons (Fsp3) is 0.161. The molecule has 1 nitrogen and oxygen atoms in total. The van der Waals surface area contributed by atoms with E-state index >= 15 is 0 Å². The van der Waals surface area contributed by atoms with E-state index in [0.717, 1.165) is 25.0 Å². The topological polar surface area (TPSA) is 9.23 Å². The van der Waals surface area contributed by atoms with E-state index in [9.17, 15) is 0 Å². The van der Waals surface area contributed by atoms with Crippen molar-refractivity contribution in [3.05, 3.63) is 137 Å². The van der Waals surface area contributed by atoms with Crippen molar-refractivity contribution in [3.63, 3.8) is 0 Å². The molecule has 0 fully saturated rings. The van der Waals surface area contributed by atoms with Gasteiger partial charge in [-0.3, -0.25) is 0 Å². The van der Waals surface area contributed by atoms with Crippen LogP contribution >= 0.6 is 0 Å². The third-order valence-corrected chi connectivity index (χ3v) is 7.02. The molecule has 0 radical (unpaired) electrons. The molecule has 0 unspecified atom stereocenters. The lowest BCUT2D eigenvalue weighted by Gasteiger charge is -2.26. The normalized spacial score (nSPS) is 16.8. The number of hydrogen-bond donors (Lipinski definition) is 0. The molecule has 2 aliphatic rings. The molecule has 0 atom stereocenters. The first-order valence-corrected chi connectivity index (χ1v) is 11.4. The Morgan fingerprint density at radius 1 is 0.625 bits per heavy atom. The average Bonchev–Trinajstić information content (AvgIpc) is 3.36. The highest BCUT2D eigenvalue weighted by molar-refractivity contribution is 5.90. The Morgan fingerprint density at radius 3 is 1.94 bits per heavy atom. The SMILES string of the molecule is C(=C1/c2ccccc2CC12Cc1ccccc1C2)/c1ccc(OCc2ccccc2)cc1. The van der Waals surface area contributed by atoms with Gasteiger partial charge in [0.15, 0.2) is 0 Å². The van der Waals surface area contributed by atoms with Crippen molar-refractivity contribution in [2.75, 3.05) is 0 Å². The van der Waals surface area contributed by atoms with Gasteiger partial charge in [0.25, 0.3) is 0 Å². The van der Waals surface area contributed by atoms with Crippen LogP contribution in [0, 0.1) is 5.41 Å². The molecule has 0 saturated heterocycles. The minimum Gasteiger partial charge on any atom is -0.489 e. The Kier molecular flexibility index (Phi) is 4.69. The fourth-order valence-electron chi connectivity index (χ4n) is 5.49. The van der Waals surface area contributed by atoms with Crippen LogP contribution in [0.25, 0.3) is 11.6 Å². The first-order chi connectivity index (χ1) is 15.8. The number of rotatable bonds is 4. The van der Waals surface area contributed by atoms with Crippen LogP contribution in [-0.4, -0.2) is 0 Å². The predicted octanol–water partition coefficient (Wildman–Crippen LogP) is 7.15. The van der Waals surface area contributed by atoms with Crippen LogP contribution in [0.3, 0.4) is 0 Å². The van der Waals surface area contributed by atoms with Gasteiger partial charge in [-0.05, 0) is 70.3 Å². The van der Waals surface area contributed by atoms with Crippen molar-refractivity contribution in [2.45, 2.75) is 25.9 Å². The summed E-state index contributed by atoms with van der Waals surface area (Å²) < 4.78 is 5.99. The van der Waals surface area contributed by atoms with Crippen LogP contribution in [0.4, 0.5) is 0 Å². The summed E-state index contributed by atoms with van der Waals surface area (Å²) >= 11 is 0. The van der Waals surface area contributed by atoms with E-state index in [4.69, 9.17) is 4.74 Å². The monoisotopic (exact) mass is 414 g/mol. The van der Waals surface area contributed by atoms with Gasteiger partial charge in [0.2, 0.25) is 0 Å². The van der Waals surface area contributed by atoms with Crippen molar-refractivity contribution in [3.8, 4) is 5.75 Å². The quantitative estimate of drug-likeness (QED) is 0.345. The molecule has 0 bridgehead atoms. The summed E-state index contributed by atoms with van der Waals surface area (Å²) in [6.45, 7) is 0.593. The molecular formula is C31H26O. The Morgan fingerprint density at radius 2 is 1.22 bits per heavy atom. The summed E-state index contributed by atoms with van der Waals surface area (Å²) in [6.07, 6.45) is 5.80. The largest absolute Gasteiger partial charge is 0.489 e. The maximum absolute atomic E-state index is 5.99. The molecule has 32 heavy (non-hydrogen) atoms.